The Hall–Kier alpha value is -2.65. The van der Waals surface area contributed by atoms with Crippen molar-refractivity contribution in [3.63, 3.8) is 0 Å². The highest BCUT2D eigenvalue weighted by Gasteiger charge is 2.17. The van der Waals surface area contributed by atoms with Crippen LogP contribution in [0.5, 0.6) is 0 Å². The summed E-state index contributed by atoms with van der Waals surface area (Å²) in [7, 11) is 1.31. The number of nitrogens with one attached hydrogen (secondary N) is 1. The molecule has 0 saturated carbocycles. The predicted octanol–water partition coefficient (Wildman–Crippen LogP) is 3.47. The van der Waals surface area contributed by atoms with Gasteiger partial charge in [-0.15, -0.1) is 21.5 Å². The summed E-state index contributed by atoms with van der Waals surface area (Å²) in [5.41, 5.74) is 1.51. The minimum atomic E-state index is -0.472. The molecule has 0 aliphatic heterocycles. The number of benzene rings is 1. The first kappa shape index (κ1) is 20.1. The molecule has 0 aliphatic carbocycles. The number of carbonyl (C=O) groups excluding carboxylic acids is 2. The second-order valence-electron chi connectivity index (χ2n) is 5.80. The van der Waals surface area contributed by atoms with Crippen LogP contribution in [0.15, 0.2) is 46.9 Å². The fraction of sp³-hybridized carbons (Fsp3) is 0.263. The maximum Gasteiger partial charge on any atom is 0.340 e. The van der Waals surface area contributed by atoms with Crippen LogP contribution in [-0.2, 0) is 22.5 Å². The van der Waals surface area contributed by atoms with Crippen molar-refractivity contribution >= 4 is 40.0 Å². The fourth-order valence-electron chi connectivity index (χ4n) is 2.62. The average Bonchev–Trinajstić information content (AvgIpc) is 3.33. The molecule has 0 fully saturated rings. The molecule has 3 aromatic rings. The molecule has 1 amide bonds. The molecule has 7 nitrogen and oxygen atoms in total. The smallest absolute Gasteiger partial charge is 0.340 e. The Labute approximate surface area is 171 Å². The van der Waals surface area contributed by atoms with Crippen molar-refractivity contribution in [1.82, 2.24) is 14.8 Å². The third kappa shape index (κ3) is 4.79. The number of esters is 1. The minimum Gasteiger partial charge on any atom is -0.465 e. The topological polar surface area (TPSA) is 86.1 Å². The minimum absolute atomic E-state index is 0.169. The van der Waals surface area contributed by atoms with Gasteiger partial charge in [0, 0.05) is 13.0 Å². The average molecular weight is 417 g/mol. The molecule has 1 N–H and O–H groups in total. The Bertz CT molecular complexity index is 953. The molecule has 0 unspecified atom stereocenters. The number of ether oxygens (including phenoxy) is 1. The van der Waals surface area contributed by atoms with E-state index in [9.17, 15) is 9.59 Å². The van der Waals surface area contributed by atoms with Crippen LogP contribution < -0.4 is 5.32 Å². The van der Waals surface area contributed by atoms with Crippen molar-refractivity contribution in [3.05, 3.63) is 58.7 Å². The molecule has 0 aliphatic rings. The normalized spacial score (nSPS) is 10.6. The van der Waals surface area contributed by atoms with Crippen molar-refractivity contribution in [2.75, 3.05) is 18.2 Å². The summed E-state index contributed by atoms with van der Waals surface area (Å²) in [5, 5.41) is 14.2. The number of nitrogens with zero attached hydrogens (tertiary/aromatic N) is 3. The monoisotopic (exact) mass is 416 g/mol. The number of methoxy groups -OCH3 is 1. The Morgan fingerprint density at radius 1 is 1.21 bits per heavy atom. The molecule has 0 atom stereocenters. The van der Waals surface area contributed by atoms with E-state index in [1.165, 1.54) is 30.2 Å². The lowest BCUT2D eigenvalue weighted by Gasteiger charge is -2.08. The largest absolute Gasteiger partial charge is 0.465 e. The quantitative estimate of drug-likeness (QED) is 0.447. The Kier molecular flexibility index (Phi) is 6.83. The maximum atomic E-state index is 12.3. The Balaban J connectivity index is 1.62. The lowest BCUT2D eigenvalue weighted by atomic mass is 10.1. The first-order valence-corrected chi connectivity index (χ1v) is 10.5. The number of hydrogen-bond donors (Lipinski definition) is 1. The Morgan fingerprint density at radius 3 is 2.71 bits per heavy atom. The summed E-state index contributed by atoms with van der Waals surface area (Å²) in [5.74, 6) is 0.346. The van der Waals surface area contributed by atoms with E-state index in [0.717, 1.165) is 17.9 Å². The van der Waals surface area contributed by atoms with Crippen molar-refractivity contribution in [2.24, 2.45) is 0 Å². The van der Waals surface area contributed by atoms with Gasteiger partial charge in [0.25, 0.3) is 0 Å². The Morgan fingerprint density at radius 2 is 2.00 bits per heavy atom. The molecule has 146 valence electrons. The standard InChI is InChI=1S/C19H20N4O3S2/c1-3-23-15(11-13-7-5-4-6-8-13)21-22-19(23)28-12-16(24)20-17-14(9-10-27-17)18(25)26-2/h4-10H,3,11-12H2,1-2H3,(H,20,24). The van der Waals surface area contributed by atoms with Gasteiger partial charge in [-0.2, -0.15) is 0 Å². The van der Waals surface area contributed by atoms with E-state index in [0.29, 0.717) is 22.1 Å². The van der Waals surface area contributed by atoms with Gasteiger partial charge in [-0.25, -0.2) is 4.79 Å². The zero-order valence-corrected chi connectivity index (χ0v) is 17.2. The summed E-state index contributed by atoms with van der Waals surface area (Å²) < 4.78 is 6.73. The second-order valence-corrected chi connectivity index (χ2v) is 7.66. The summed E-state index contributed by atoms with van der Waals surface area (Å²) >= 11 is 2.60. The van der Waals surface area contributed by atoms with Crippen LogP contribution >= 0.6 is 23.1 Å². The summed E-state index contributed by atoms with van der Waals surface area (Å²) in [6, 6.07) is 11.7. The van der Waals surface area contributed by atoms with Gasteiger partial charge in [-0.3, -0.25) is 4.79 Å². The van der Waals surface area contributed by atoms with Gasteiger partial charge in [-0.05, 0) is 23.9 Å². The molecule has 2 aromatic heterocycles. The van der Waals surface area contributed by atoms with Gasteiger partial charge in [0.15, 0.2) is 5.16 Å². The van der Waals surface area contributed by atoms with Crippen molar-refractivity contribution in [2.45, 2.75) is 25.0 Å². The zero-order chi connectivity index (χ0) is 19.9. The number of aromatic nitrogens is 3. The number of carbonyl (C=O) groups is 2. The highest BCUT2D eigenvalue weighted by atomic mass is 32.2. The van der Waals surface area contributed by atoms with Crippen molar-refractivity contribution in [3.8, 4) is 0 Å². The predicted molar refractivity (Wildman–Crippen MR) is 110 cm³/mol. The zero-order valence-electron chi connectivity index (χ0n) is 15.5. The first-order valence-electron chi connectivity index (χ1n) is 8.66. The fourth-order valence-corrected chi connectivity index (χ4v) is 4.23. The highest BCUT2D eigenvalue weighted by molar-refractivity contribution is 7.99. The van der Waals surface area contributed by atoms with E-state index in [-0.39, 0.29) is 11.7 Å². The molecular weight excluding hydrogens is 396 g/mol. The van der Waals surface area contributed by atoms with Crippen molar-refractivity contribution in [1.29, 1.82) is 0 Å². The number of thioether (sulfide) groups is 1. The number of anilines is 1. The van der Waals surface area contributed by atoms with Crippen molar-refractivity contribution < 1.29 is 14.3 Å². The molecular formula is C19H20N4O3S2. The van der Waals surface area contributed by atoms with E-state index >= 15 is 0 Å². The van der Waals surface area contributed by atoms with Crippen LogP contribution in [0.25, 0.3) is 0 Å². The molecule has 2 heterocycles. The maximum absolute atomic E-state index is 12.3. The van der Waals surface area contributed by atoms with E-state index in [1.54, 1.807) is 11.4 Å². The highest BCUT2D eigenvalue weighted by Crippen LogP contribution is 2.25. The molecule has 1 aromatic carbocycles. The van der Waals surface area contributed by atoms with Crippen LogP contribution in [0.4, 0.5) is 5.00 Å². The van der Waals surface area contributed by atoms with Crippen LogP contribution in [0, 0.1) is 0 Å². The first-order chi connectivity index (χ1) is 13.6. The molecule has 0 bridgehead atoms. The summed E-state index contributed by atoms with van der Waals surface area (Å²) in [4.78, 5) is 24.0. The van der Waals surface area contributed by atoms with Crippen LogP contribution in [0.1, 0.15) is 28.7 Å². The third-order valence-electron chi connectivity index (χ3n) is 3.97. The number of thiophene rings is 1. The molecule has 28 heavy (non-hydrogen) atoms. The summed E-state index contributed by atoms with van der Waals surface area (Å²) in [6.45, 7) is 2.74. The molecule has 0 spiro atoms. The molecule has 0 radical (unpaired) electrons. The molecule has 3 rings (SSSR count). The summed E-state index contributed by atoms with van der Waals surface area (Å²) in [6.07, 6.45) is 0.687. The van der Waals surface area contributed by atoms with E-state index in [2.05, 4.69) is 27.6 Å². The van der Waals surface area contributed by atoms with E-state index < -0.39 is 5.97 Å². The second kappa shape index (κ2) is 9.52. The third-order valence-corrected chi connectivity index (χ3v) is 5.77. The van der Waals surface area contributed by atoms with Gasteiger partial charge < -0.3 is 14.6 Å². The lowest BCUT2D eigenvalue weighted by Crippen LogP contribution is -2.16. The number of amides is 1. The number of hydrogen-bond acceptors (Lipinski definition) is 7. The van der Waals surface area contributed by atoms with Crippen LogP contribution in [-0.4, -0.2) is 39.5 Å². The van der Waals surface area contributed by atoms with Gasteiger partial charge >= 0.3 is 5.97 Å². The van der Waals surface area contributed by atoms with Gasteiger partial charge in [-0.1, -0.05) is 42.1 Å². The molecule has 0 saturated heterocycles. The van der Waals surface area contributed by atoms with Crippen LogP contribution in [0.2, 0.25) is 0 Å². The SMILES string of the molecule is CCn1c(Cc2ccccc2)nnc1SCC(=O)Nc1sccc1C(=O)OC. The van der Waals surface area contributed by atoms with E-state index in [1.807, 2.05) is 29.7 Å². The number of rotatable bonds is 8. The van der Waals surface area contributed by atoms with E-state index in [4.69, 9.17) is 4.74 Å². The van der Waals surface area contributed by atoms with Gasteiger partial charge in [0.1, 0.15) is 10.8 Å². The van der Waals surface area contributed by atoms with Gasteiger partial charge in [0.05, 0.1) is 18.4 Å². The van der Waals surface area contributed by atoms with Crippen LogP contribution in [0.3, 0.4) is 0 Å². The lowest BCUT2D eigenvalue weighted by molar-refractivity contribution is -0.113. The van der Waals surface area contributed by atoms with Gasteiger partial charge in [0.2, 0.25) is 5.91 Å². The molecule has 9 heteroatoms.